The predicted molar refractivity (Wildman–Crippen MR) is 96.0 cm³/mol. The molecular formula is C20H24ClNO. The fourth-order valence-corrected chi connectivity index (χ4v) is 4.77. The van der Waals surface area contributed by atoms with Gasteiger partial charge in [0, 0.05) is 17.9 Å². The zero-order chi connectivity index (χ0) is 15.0. The molecule has 2 N–H and O–H groups in total. The minimum absolute atomic E-state index is 0. The molecule has 1 aliphatic carbocycles. The minimum atomic E-state index is -0.166. The van der Waals surface area contributed by atoms with Crippen LogP contribution in [0.15, 0.2) is 60.7 Å². The van der Waals surface area contributed by atoms with Crippen LogP contribution in [0.2, 0.25) is 0 Å². The van der Waals surface area contributed by atoms with E-state index in [1.165, 1.54) is 11.1 Å². The van der Waals surface area contributed by atoms with Crippen molar-refractivity contribution in [3.63, 3.8) is 0 Å². The summed E-state index contributed by atoms with van der Waals surface area (Å²) in [5.74, 6) is 0.815. The summed E-state index contributed by atoms with van der Waals surface area (Å²) in [5, 5.41) is 14.0. The van der Waals surface area contributed by atoms with Gasteiger partial charge in [0.1, 0.15) is 0 Å². The smallest absolute Gasteiger partial charge is 0.0584 e. The highest BCUT2D eigenvalue weighted by Gasteiger charge is 2.52. The molecule has 2 fully saturated rings. The quantitative estimate of drug-likeness (QED) is 0.885. The van der Waals surface area contributed by atoms with Crippen molar-refractivity contribution < 1.29 is 5.11 Å². The summed E-state index contributed by atoms with van der Waals surface area (Å²) in [5.41, 5.74) is 2.81. The molecule has 1 aliphatic heterocycles. The second-order valence-electron chi connectivity index (χ2n) is 6.74. The van der Waals surface area contributed by atoms with E-state index in [4.69, 9.17) is 0 Å². The lowest BCUT2D eigenvalue weighted by Gasteiger charge is -2.48. The van der Waals surface area contributed by atoms with Gasteiger partial charge in [-0.1, -0.05) is 60.7 Å². The van der Waals surface area contributed by atoms with Gasteiger partial charge in [0.25, 0.3) is 0 Å². The van der Waals surface area contributed by atoms with Gasteiger partial charge in [-0.05, 0) is 36.4 Å². The summed E-state index contributed by atoms with van der Waals surface area (Å²) in [6.07, 6.45) is 1.73. The molecule has 0 radical (unpaired) electrons. The van der Waals surface area contributed by atoms with Gasteiger partial charge in [0.05, 0.1) is 6.10 Å². The van der Waals surface area contributed by atoms with Crippen LogP contribution >= 0.6 is 12.4 Å². The van der Waals surface area contributed by atoms with Crippen LogP contribution in [0.5, 0.6) is 0 Å². The third-order valence-electron chi connectivity index (χ3n) is 5.80. The molecule has 1 saturated carbocycles. The average Bonchev–Trinajstić information content (AvgIpc) is 3.08. The molecule has 0 amide bonds. The van der Waals surface area contributed by atoms with Crippen LogP contribution in [0, 0.1) is 11.8 Å². The lowest BCUT2D eigenvalue weighted by molar-refractivity contribution is 0.0238. The highest BCUT2D eigenvalue weighted by molar-refractivity contribution is 5.85. The summed E-state index contributed by atoms with van der Waals surface area (Å²) < 4.78 is 0. The van der Waals surface area contributed by atoms with E-state index in [-0.39, 0.29) is 23.9 Å². The maximum absolute atomic E-state index is 10.5. The first-order valence-electron chi connectivity index (χ1n) is 8.32. The summed E-state index contributed by atoms with van der Waals surface area (Å²) in [6, 6.07) is 21.8. The molecule has 2 aromatic carbocycles. The van der Waals surface area contributed by atoms with E-state index in [0.717, 1.165) is 25.9 Å². The molecule has 2 aliphatic rings. The fraction of sp³-hybridized carbons (Fsp3) is 0.400. The Morgan fingerprint density at radius 3 is 2.00 bits per heavy atom. The van der Waals surface area contributed by atoms with E-state index in [2.05, 4.69) is 66.0 Å². The molecule has 0 bridgehead atoms. The van der Waals surface area contributed by atoms with Crippen LogP contribution in [0.4, 0.5) is 0 Å². The average molecular weight is 330 g/mol. The van der Waals surface area contributed by atoms with E-state index < -0.39 is 0 Å². The number of nitrogens with one attached hydrogen (secondary N) is 1. The summed E-state index contributed by atoms with van der Waals surface area (Å²) >= 11 is 0. The SMILES string of the molecule is Cl.O[C@H]1CCC(c2ccccc2)(c2ccccc2)[C@H]2CNC[C@@H]12. The molecule has 23 heavy (non-hydrogen) atoms. The van der Waals surface area contributed by atoms with Gasteiger partial charge in [-0.25, -0.2) is 0 Å². The van der Waals surface area contributed by atoms with E-state index in [1.54, 1.807) is 0 Å². The van der Waals surface area contributed by atoms with Crippen LogP contribution < -0.4 is 5.32 Å². The Morgan fingerprint density at radius 1 is 0.870 bits per heavy atom. The van der Waals surface area contributed by atoms with Crippen LogP contribution in [-0.4, -0.2) is 24.3 Å². The number of rotatable bonds is 2. The van der Waals surface area contributed by atoms with Gasteiger partial charge in [-0.3, -0.25) is 0 Å². The third kappa shape index (κ3) is 2.59. The second kappa shape index (κ2) is 6.64. The second-order valence-corrected chi connectivity index (χ2v) is 6.74. The maximum atomic E-state index is 10.5. The first-order valence-corrected chi connectivity index (χ1v) is 8.32. The normalized spacial score (nSPS) is 28.7. The molecular weight excluding hydrogens is 306 g/mol. The lowest BCUT2D eigenvalue weighted by atomic mass is 9.56. The van der Waals surface area contributed by atoms with E-state index in [9.17, 15) is 5.11 Å². The summed E-state index contributed by atoms with van der Waals surface area (Å²) in [7, 11) is 0. The van der Waals surface area contributed by atoms with Gasteiger partial charge < -0.3 is 10.4 Å². The summed E-state index contributed by atoms with van der Waals surface area (Å²) in [4.78, 5) is 0. The molecule has 2 nitrogen and oxygen atoms in total. The Labute approximate surface area is 144 Å². The van der Waals surface area contributed by atoms with E-state index in [0.29, 0.717) is 11.8 Å². The number of aliphatic hydroxyl groups is 1. The maximum Gasteiger partial charge on any atom is 0.0584 e. The van der Waals surface area contributed by atoms with Crippen LogP contribution in [-0.2, 0) is 5.41 Å². The highest BCUT2D eigenvalue weighted by Crippen LogP contribution is 2.51. The van der Waals surface area contributed by atoms with Gasteiger partial charge in [-0.15, -0.1) is 12.4 Å². The topological polar surface area (TPSA) is 32.3 Å². The fourth-order valence-electron chi connectivity index (χ4n) is 4.77. The zero-order valence-corrected chi connectivity index (χ0v) is 14.0. The van der Waals surface area contributed by atoms with Crippen molar-refractivity contribution in [3.8, 4) is 0 Å². The largest absolute Gasteiger partial charge is 0.393 e. The third-order valence-corrected chi connectivity index (χ3v) is 5.80. The van der Waals surface area contributed by atoms with Crippen molar-refractivity contribution >= 4 is 12.4 Å². The van der Waals surface area contributed by atoms with Gasteiger partial charge >= 0.3 is 0 Å². The molecule has 3 heteroatoms. The van der Waals surface area contributed by atoms with E-state index in [1.807, 2.05) is 0 Å². The van der Waals surface area contributed by atoms with Crippen LogP contribution in [0.3, 0.4) is 0 Å². The molecule has 3 atom stereocenters. The van der Waals surface area contributed by atoms with Crippen molar-refractivity contribution in [2.45, 2.75) is 24.4 Å². The number of hydrogen-bond donors (Lipinski definition) is 2. The van der Waals surface area contributed by atoms with Crippen molar-refractivity contribution in [3.05, 3.63) is 71.8 Å². The number of aliphatic hydroxyl groups excluding tert-OH is 1. The number of benzene rings is 2. The highest BCUT2D eigenvalue weighted by atomic mass is 35.5. The van der Waals surface area contributed by atoms with E-state index >= 15 is 0 Å². The molecule has 122 valence electrons. The molecule has 1 saturated heterocycles. The van der Waals surface area contributed by atoms with Crippen molar-refractivity contribution in [2.75, 3.05) is 13.1 Å². The minimum Gasteiger partial charge on any atom is -0.393 e. The zero-order valence-electron chi connectivity index (χ0n) is 13.2. The predicted octanol–water partition coefficient (Wildman–Crippen LogP) is 3.38. The Hall–Kier alpha value is -1.35. The Balaban J connectivity index is 0.00000156. The molecule has 2 aromatic rings. The van der Waals surface area contributed by atoms with Crippen LogP contribution in [0.25, 0.3) is 0 Å². The Kier molecular flexibility index (Phi) is 4.77. The molecule has 0 spiro atoms. The van der Waals surface area contributed by atoms with Crippen molar-refractivity contribution in [1.29, 1.82) is 0 Å². The Bertz CT molecular complexity index is 591. The molecule has 1 heterocycles. The van der Waals surface area contributed by atoms with Crippen LogP contribution in [0.1, 0.15) is 24.0 Å². The summed E-state index contributed by atoms with van der Waals surface area (Å²) in [6.45, 7) is 1.93. The number of fused-ring (bicyclic) bond motifs is 1. The van der Waals surface area contributed by atoms with Crippen molar-refractivity contribution in [2.24, 2.45) is 11.8 Å². The molecule has 0 aromatic heterocycles. The molecule has 4 rings (SSSR count). The van der Waals surface area contributed by atoms with Crippen molar-refractivity contribution in [1.82, 2.24) is 5.32 Å². The Morgan fingerprint density at radius 2 is 1.43 bits per heavy atom. The number of hydrogen-bond acceptors (Lipinski definition) is 2. The monoisotopic (exact) mass is 329 g/mol. The van der Waals surface area contributed by atoms with Gasteiger partial charge in [-0.2, -0.15) is 0 Å². The first kappa shape index (κ1) is 16.5. The lowest BCUT2D eigenvalue weighted by Crippen LogP contribution is -2.48. The first-order chi connectivity index (χ1) is 10.8. The molecule has 0 unspecified atom stereocenters. The number of halogens is 1. The van der Waals surface area contributed by atoms with Gasteiger partial charge in [0.2, 0.25) is 0 Å². The van der Waals surface area contributed by atoms with Gasteiger partial charge in [0.15, 0.2) is 0 Å². The standard InChI is InChI=1S/C20H23NO.ClH/c22-19-11-12-20(15-7-3-1-4-8-15,16-9-5-2-6-10-16)18-14-21-13-17(18)19;/h1-10,17-19,21-22H,11-14H2;1H/t17-,18+,19+;/m1./s1.